The summed E-state index contributed by atoms with van der Waals surface area (Å²) in [7, 11) is 2.32. The average Bonchev–Trinajstić information content (AvgIpc) is 2.70. The van der Waals surface area contributed by atoms with Gasteiger partial charge in [-0.2, -0.15) is 0 Å². The number of fused-ring (bicyclic) bond motifs is 2. The van der Waals surface area contributed by atoms with Gasteiger partial charge in [0.15, 0.2) is 0 Å². The molecule has 0 spiro atoms. The number of piperidine rings is 1. The number of hydrogen-bond donors (Lipinski definition) is 1. The molecule has 0 aromatic rings. The molecule has 0 radical (unpaired) electrons. The van der Waals surface area contributed by atoms with Crippen LogP contribution in [-0.2, 0) is 0 Å². The molecule has 0 aromatic carbocycles. The molecule has 3 aliphatic rings. The van der Waals surface area contributed by atoms with Crippen molar-refractivity contribution in [3.8, 4) is 0 Å². The Bertz CT molecular complexity index is 268. The van der Waals surface area contributed by atoms with E-state index in [9.17, 15) is 0 Å². The predicted molar refractivity (Wildman–Crippen MR) is 75.9 cm³/mol. The Labute approximate surface area is 112 Å². The summed E-state index contributed by atoms with van der Waals surface area (Å²) in [5, 5.41) is 3.78. The SMILES string of the molecule is CN1CCCCC1CCN1CCC2CCC(C1)N2. The number of rotatable bonds is 3. The van der Waals surface area contributed by atoms with Crippen molar-refractivity contribution < 1.29 is 0 Å². The van der Waals surface area contributed by atoms with Gasteiger partial charge >= 0.3 is 0 Å². The van der Waals surface area contributed by atoms with Gasteiger partial charge in [-0.15, -0.1) is 0 Å². The highest BCUT2D eigenvalue weighted by molar-refractivity contribution is 4.90. The van der Waals surface area contributed by atoms with E-state index in [1.165, 1.54) is 71.1 Å². The van der Waals surface area contributed by atoms with E-state index in [4.69, 9.17) is 0 Å². The second-order valence-electron chi connectivity index (χ2n) is 6.65. The van der Waals surface area contributed by atoms with Crippen LogP contribution in [0.2, 0.25) is 0 Å². The zero-order chi connectivity index (χ0) is 12.4. The van der Waals surface area contributed by atoms with Crippen molar-refractivity contribution in [2.45, 2.75) is 63.1 Å². The largest absolute Gasteiger partial charge is 0.310 e. The van der Waals surface area contributed by atoms with Crippen LogP contribution in [0.25, 0.3) is 0 Å². The Morgan fingerprint density at radius 1 is 1.00 bits per heavy atom. The van der Waals surface area contributed by atoms with Gasteiger partial charge in [0.05, 0.1) is 0 Å². The minimum atomic E-state index is 0.793. The third-order valence-electron chi connectivity index (χ3n) is 5.31. The first kappa shape index (κ1) is 12.9. The predicted octanol–water partition coefficient (Wildman–Crippen LogP) is 1.69. The molecule has 18 heavy (non-hydrogen) atoms. The standard InChI is InChI=1S/C15H29N3/c1-17-9-3-2-4-15(17)8-11-18-10-7-13-5-6-14(12-18)16-13/h13-16H,2-12H2,1H3. The third kappa shape index (κ3) is 3.06. The maximum Gasteiger partial charge on any atom is 0.0198 e. The summed E-state index contributed by atoms with van der Waals surface area (Å²) in [6, 6.07) is 2.48. The van der Waals surface area contributed by atoms with Crippen molar-refractivity contribution in [1.82, 2.24) is 15.1 Å². The van der Waals surface area contributed by atoms with Gasteiger partial charge in [0.2, 0.25) is 0 Å². The van der Waals surface area contributed by atoms with Crippen molar-refractivity contribution in [2.24, 2.45) is 0 Å². The summed E-state index contributed by atoms with van der Waals surface area (Å²) in [6.45, 7) is 5.26. The van der Waals surface area contributed by atoms with E-state index in [-0.39, 0.29) is 0 Å². The Hall–Kier alpha value is -0.120. The highest BCUT2D eigenvalue weighted by Crippen LogP contribution is 2.22. The van der Waals surface area contributed by atoms with E-state index in [2.05, 4.69) is 22.2 Å². The van der Waals surface area contributed by atoms with E-state index in [0.29, 0.717) is 0 Å². The van der Waals surface area contributed by atoms with E-state index in [0.717, 1.165) is 18.1 Å². The molecular weight excluding hydrogens is 222 g/mol. The minimum Gasteiger partial charge on any atom is -0.310 e. The lowest BCUT2D eigenvalue weighted by atomic mass is 9.99. The smallest absolute Gasteiger partial charge is 0.0198 e. The summed E-state index contributed by atoms with van der Waals surface area (Å²) in [5.41, 5.74) is 0. The summed E-state index contributed by atoms with van der Waals surface area (Å²) in [5.74, 6) is 0. The zero-order valence-corrected chi connectivity index (χ0v) is 11.9. The minimum absolute atomic E-state index is 0.793. The van der Waals surface area contributed by atoms with Crippen LogP contribution in [0, 0.1) is 0 Å². The van der Waals surface area contributed by atoms with Gasteiger partial charge in [0, 0.05) is 24.7 Å². The van der Waals surface area contributed by atoms with Crippen LogP contribution >= 0.6 is 0 Å². The average molecular weight is 251 g/mol. The van der Waals surface area contributed by atoms with Crippen molar-refractivity contribution in [3.63, 3.8) is 0 Å². The Morgan fingerprint density at radius 2 is 1.89 bits per heavy atom. The van der Waals surface area contributed by atoms with E-state index >= 15 is 0 Å². The molecule has 3 unspecified atom stereocenters. The van der Waals surface area contributed by atoms with Crippen LogP contribution < -0.4 is 5.32 Å². The van der Waals surface area contributed by atoms with Crippen LogP contribution in [0.5, 0.6) is 0 Å². The van der Waals surface area contributed by atoms with E-state index < -0.39 is 0 Å². The van der Waals surface area contributed by atoms with Gasteiger partial charge < -0.3 is 15.1 Å². The first-order valence-electron chi connectivity index (χ1n) is 8.00. The van der Waals surface area contributed by atoms with Gasteiger partial charge in [-0.05, 0) is 65.2 Å². The molecule has 2 bridgehead atoms. The molecule has 3 heteroatoms. The monoisotopic (exact) mass is 251 g/mol. The van der Waals surface area contributed by atoms with Gasteiger partial charge in [-0.1, -0.05) is 6.42 Å². The van der Waals surface area contributed by atoms with Crippen molar-refractivity contribution in [1.29, 1.82) is 0 Å². The molecule has 3 saturated heterocycles. The quantitative estimate of drug-likeness (QED) is 0.823. The molecule has 0 aliphatic carbocycles. The van der Waals surface area contributed by atoms with Gasteiger partial charge in [-0.25, -0.2) is 0 Å². The lowest BCUT2D eigenvalue weighted by Gasteiger charge is -2.34. The van der Waals surface area contributed by atoms with Crippen LogP contribution in [0.15, 0.2) is 0 Å². The zero-order valence-electron chi connectivity index (χ0n) is 11.9. The number of hydrogen-bond acceptors (Lipinski definition) is 3. The first-order valence-corrected chi connectivity index (χ1v) is 8.00. The molecule has 0 saturated carbocycles. The van der Waals surface area contributed by atoms with Crippen molar-refractivity contribution >= 4 is 0 Å². The second-order valence-corrected chi connectivity index (χ2v) is 6.65. The summed E-state index contributed by atoms with van der Waals surface area (Å²) >= 11 is 0. The lowest BCUT2D eigenvalue weighted by Crippen LogP contribution is -2.41. The van der Waals surface area contributed by atoms with Crippen LogP contribution in [0.3, 0.4) is 0 Å². The van der Waals surface area contributed by atoms with Crippen molar-refractivity contribution in [2.75, 3.05) is 33.2 Å². The summed E-state index contributed by atoms with van der Waals surface area (Å²) < 4.78 is 0. The Morgan fingerprint density at radius 3 is 2.78 bits per heavy atom. The van der Waals surface area contributed by atoms with Crippen LogP contribution in [0.1, 0.15) is 44.9 Å². The Balaban J connectivity index is 1.45. The molecule has 0 aromatic heterocycles. The summed E-state index contributed by atoms with van der Waals surface area (Å²) in [6.07, 6.45) is 9.86. The van der Waals surface area contributed by atoms with E-state index in [1.807, 2.05) is 0 Å². The number of nitrogens with one attached hydrogen (secondary N) is 1. The van der Waals surface area contributed by atoms with Crippen LogP contribution in [0.4, 0.5) is 0 Å². The molecule has 3 rings (SSSR count). The Kier molecular flexibility index (Phi) is 4.22. The van der Waals surface area contributed by atoms with Gasteiger partial charge in [0.25, 0.3) is 0 Å². The molecule has 3 atom stereocenters. The molecule has 3 fully saturated rings. The summed E-state index contributed by atoms with van der Waals surface area (Å²) in [4.78, 5) is 5.31. The number of nitrogens with zero attached hydrogens (tertiary/aromatic N) is 2. The maximum atomic E-state index is 3.78. The normalized spacial score (nSPS) is 38.8. The second kappa shape index (κ2) is 5.89. The van der Waals surface area contributed by atoms with E-state index in [1.54, 1.807) is 0 Å². The lowest BCUT2D eigenvalue weighted by molar-refractivity contribution is 0.151. The van der Waals surface area contributed by atoms with Gasteiger partial charge in [0.1, 0.15) is 0 Å². The molecule has 3 heterocycles. The fraction of sp³-hybridized carbons (Fsp3) is 1.00. The molecule has 3 nitrogen and oxygen atoms in total. The maximum absolute atomic E-state index is 3.78. The topological polar surface area (TPSA) is 18.5 Å². The molecule has 3 aliphatic heterocycles. The first-order chi connectivity index (χ1) is 8.81. The molecule has 0 amide bonds. The third-order valence-corrected chi connectivity index (χ3v) is 5.31. The molecule has 104 valence electrons. The highest BCUT2D eigenvalue weighted by Gasteiger charge is 2.29. The van der Waals surface area contributed by atoms with Gasteiger partial charge in [-0.3, -0.25) is 0 Å². The highest BCUT2D eigenvalue weighted by atomic mass is 15.2. The van der Waals surface area contributed by atoms with Crippen LogP contribution in [-0.4, -0.2) is 61.2 Å². The molecule has 1 N–H and O–H groups in total. The number of likely N-dealkylation sites (tertiary alicyclic amines) is 2. The fourth-order valence-electron chi connectivity index (χ4n) is 4.06. The molecular formula is C15H29N3. The van der Waals surface area contributed by atoms with Crippen molar-refractivity contribution in [3.05, 3.63) is 0 Å². The fourth-order valence-corrected chi connectivity index (χ4v) is 4.06.